The number of aryl methyl sites for hydroxylation is 2. The summed E-state index contributed by atoms with van der Waals surface area (Å²) in [5.74, 6) is -0.747. The van der Waals surface area contributed by atoms with E-state index in [1.807, 2.05) is 13.8 Å². The van der Waals surface area contributed by atoms with E-state index in [1.165, 1.54) is 10.6 Å². The third-order valence-electron chi connectivity index (χ3n) is 5.04. The Hall–Kier alpha value is -2.88. The zero-order valence-corrected chi connectivity index (χ0v) is 17.9. The van der Waals surface area contributed by atoms with Crippen LogP contribution in [0.5, 0.6) is 0 Å². The number of carbonyl (C=O) groups is 2. The minimum atomic E-state index is -3.38. The summed E-state index contributed by atoms with van der Waals surface area (Å²) in [4.78, 5) is 24.7. The van der Waals surface area contributed by atoms with Gasteiger partial charge in [0.1, 0.15) is 0 Å². The number of nitrogens with one attached hydrogen (secondary N) is 2. The molecule has 0 saturated carbocycles. The molecule has 1 aliphatic rings. The maximum absolute atomic E-state index is 12.5. The first kappa shape index (κ1) is 20.8. The van der Waals surface area contributed by atoms with E-state index in [-0.39, 0.29) is 18.5 Å². The first-order valence-electron chi connectivity index (χ1n) is 9.19. The average Bonchev–Trinajstić information content (AvgIpc) is 3.08. The van der Waals surface area contributed by atoms with E-state index in [0.29, 0.717) is 29.1 Å². The molecule has 0 radical (unpaired) electrons. The normalized spacial score (nSPS) is 15.9. The molecule has 2 N–H and O–H groups in total. The van der Waals surface area contributed by atoms with E-state index in [4.69, 9.17) is 0 Å². The second-order valence-electron chi connectivity index (χ2n) is 7.36. The van der Waals surface area contributed by atoms with Crippen molar-refractivity contribution < 1.29 is 18.0 Å². The van der Waals surface area contributed by atoms with Crippen LogP contribution in [0.4, 0.5) is 11.4 Å². The Labute approximate surface area is 170 Å². The minimum absolute atomic E-state index is 0.185. The van der Waals surface area contributed by atoms with Crippen molar-refractivity contribution >= 4 is 33.2 Å². The number of anilines is 2. The number of hydrogen-bond donors (Lipinski definition) is 2. The van der Waals surface area contributed by atoms with Gasteiger partial charge < -0.3 is 10.6 Å². The molecule has 156 valence electrons. The van der Waals surface area contributed by atoms with Crippen molar-refractivity contribution in [2.45, 2.75) is 33.2 Å². The van der Waals surface area contributed by atoms with Crippen molar-refractivity contribution in [1.82, 2.24) is 15.1 Å². The van der Waals surface area contributed by atoms with Gasteiger partial charge in [-0.05, 0) is 51.0 Å². The monoisotopic (exact) mass is 419 g/mol. The SMILES string of the molecule is Cc1nn(C)c(C)c1NC(=O)CNC(=O)c1ccc2c(c1)C[C@@H](C)N2S(C)(=O)=O. The molecule has 0 unspecified atom stereocenters. The second-order valence-corrected chi connectivity index (χ2v) is 9.22. The number of amides is 2. The Morgan fingerprint density at radius 1 is 1.28 bits per heavy atom. The van der Waals surface area contributed by atoms with Gasteiger partial charge >= 0.3 is 0 Å². The fourth-order valence-electron chi connectivity index (χ4n) is 3.65. The Morgan fingerprint density at radius 3 is 2.55 bits per heavy atom. The molecule has 1 aliphatic heterocycles. The molecule has 0 fully saturated rings. The van der Waals surface area contributed by atoms with Crippen LogP contribution in [-0.4, -0.2) is 48.9 Å². The Balaban J connectivity index is 1.66. The number of hydrogen-bond acceptors (Lipinski definition) is 5. The van der Waals surface area contributed by atoms with Crippen LogP contribution in [0.3, 0.4) is 0 Å². The molecule has 9 nitrogen and oxygen atoms in total. The lowest BCUT2D eigenvalue weighted by atomic mass is 10.1. The third-order valence-corrected chi connectivity index (χ3v) is 6.31. The maximum Gasteiger partial charge on any atom is 0.251 e. The van der Waals surface area contributed by atoms with E-state index in [1.54, 1.807) is 36.9 Å². The third kappa shape index (κ3) is 4.12. The molecular formula is C19H25N5O4S. The smallest absolute Gasteiger partial charge is 0.251 e. The lowest BCUT2D eigenvalue weighted by molar-refractivity contribution is -0.115. The largest absolute Gasteiger partial charge is 0.343 e. The number of rotatable bonds is 5. The first-order valence-corrected chi connectivity index (χ1v) is 11.0. The zero-order valence-electron chi connectivity index (χ0n) is 17.1. The summed E-state index contributed by atoms with van der Waals surface area (Å²) in [6, 6.07) is 4.68. The molecule has 0 saturated heterocycles. The summed E-state index contributed by atoms with van der Waals surface area (Å²) in [5.41, 5.74) is 3.93. The van der Waals surface area contributed by atoms with Crippen molar-refractivity contribution in [3.05, 3.63) is 40.7 Å². The standard InChI is InChI=1S/C19H25N5O4S/c1-11-8-15-9-14(6-7-16(15)24(11)29(5,27)28)19(26)20-10-17(25)21-18-12(2)22-23(4)13(18)3/h6-7,9,11H,8,10H2,1-5H3,(H,20,26)(H,21,25)/t11-/m1/s1. The number of carbonyl (C=O) groups excluding carboxylic acids is 2. The van der Waals surface area contributed by atoms with Gasteiger partial charge in [-0.2, -0.15) is 5.10 Å². The topological polar surface area (TPSA) is 113 Å². The van der Waals surface area contributed by atoms with Gasteiger partial charge in [-0.3, -0.25) is 18.6 Å². The number of benzene rings is 1. The van der Waals surface area contributed by atoms with Crippen molar-refractivity contribution in [3.8, 4) is 0 Å². The Bertz CT molecular complexity index is 1090. The first-order chi connectivity index (χ1) is 13.5. The van der Waals surface area contributed by atoms with Crippen LogP contribution in [0.15, 0.2) is 18.2 Å². The van der Waals surface area contributed by atoms with Crippen molar-refractivity contribution in [2.24, 2.45) is 7.05 Å². The van der Waals surface area contributed by atoms with Crippen LogP contribution < -0.4 is 14.9 Å². The van der Waals surface area contributed by atoms with Gasteiger partial charge in [-0.1, -0.05) is 0 Å². The molecule has 0 aliphatic carbocycles. The molecule has 2 amide bonds. The van der Waals surface area contributed by atoms with Gasteiger partial charge in [-0.25, -0.2) is 8.42 Å². The summed E-state index contributed by atoms with van der Waals surface area (Å²) in [6.45, 7) is 5.29. The molecular weight excluding hydrogens is 394 g/mol. The molecule has 1 aromatic heterocycles. The lowest BCUT2D eigenvalue weighted by Gasteiger charge is -2.21. The van der Waals surface area contributed by atoms with Crippen LogP contribution in [0.1, 0.15) is 34.2 Å². The highest BCUT2D eigenvalue weighted by Gasteiger charge is 2.32. The molecule has 2 heterocycles. The number of fused-ring (bicyclic) bond motifs is 1. The molecule has 1 atom stereocenters. The van der Waals surface area contributed by atoms with E-state index in [0.717, 1.165) is 11.3 Å². The Kier molecular flexibility index (Phi) is 5.40. The van der Waals surface area contributed by atoms with E-state index < -0.39 is 15.9 Å². The average molecular weight is 420 g/mol. The van der Waals surface area contributed by atoms with Gasteiger partial charge in [0.05, 0.1) is 35.6 Å². The highest BCUT2D eigenvalue weighted by Crippen LogP contribution is 2.34. The molecule has 0 bridgehead atoms. The van der Waals surface area contributed by atoms with Crippen LogP contribution >= 0.6 is 0 Å². The van der Waals surface area contributed by atoms with Gasteiger partial charge in [0, 0.05) is 18.7 Å². The fraction of sp³-hybridized carbons (Fsp3) is 0.421. The quantitative estimate of drug-likeness (QED) is 0.754. The summed E-state index contributed by atoms with van der Waals surface area (Å²) >= 11 is 0. The zero-order chi connectivity index (χ0) is 21.5. The van der Waals surface area contributed by atoms with Crippen molar-refractivity contribution in [1.29, 1.82) is 0 Å². The molecule has 1 aromatic carbocycles. The summed E-state index contributed by atoms with van der Waals surface area (Å²) in [7, 11) is -1.59. The van der Waals surface area contributed by atoms with Crippen LogP contribution in [0.2, 0.25) is 0 Å². The van der Waals surface area contributed by atoms with Gasteiger partial charge in [-0.15, -0.1) is 0 Å². The van der Waals surface area contributed by atoms with E-state index in [9.17, 15) is 18.0 Å². The lowest BCUT2D eigenvalue weighted by Crippen LogP contribution is -2.34. The predicted molar refractivity (Wildman–Crippen MR) is 111 cm³/mol. The van der Waals surface area contributed by atoms with Crippen LogP contribution in [0, 0.1) is 13.8 Å². The number of sulfonamides is 1. The number of aromatic nitrogens is 2. The summed E-state index contributed by atoms with van der Waals surface area (Å²) < 4.78 is 27.0. The second kappa shape index (κ2) is 7.51. The predicted octanol–water partition coefficient (Wildman–Crippen LogP) is 1.12. The highest BCUT2D eigenvalue weighted by molar-refractivity contribution is 7.92. The van der Waals surface area contributed by atoms with E-state index >= 15 is 0 Å². The van der Waals surface area contributed by atoms with Gasteiger partial charge in [0.25, 0.3) is 5.91 Å². The van der Waals surface area contributed by atoms with Crippen LogP contribution in [0.25, 0.3) is 0 Å². The van der Waals surface area contributed by atoms with Crippen molar-refractivity contribution in [2.75, 3.05) is 22.4 Å². The molecule has 2 aromatic rings. The highest BCUT2D eigenvalue weighted by atomic mass is 32.2. The van der Waals surface area contributed by atoms with E-state index in [2.05, 4.69) is 15.7 Å². The van der Waals surface area contributed by atoms with Gasteiger partial charge in [0.2, 0.25) is 15.9 Å². The minimum Gasteiger partial charge on any atom is -0.343 e. The summed E-state index contributed by atoms with van der Waals surface area (Å²) in [6.07, 6.45) is 1.70. The summed E-state index contributed by atoms with van der Waals surface area (Å²) in [5, 5.41) is 9.60. The maximum atomic E-state index is 12.5. The molecule has 29 heavy (non-hydrogen) atoms. The fourth-order valence-corrected chi connectivity index (χ4v) is 4.91. The van der Waals surface area contributed by atoms with Gasteiger partial charge in [0.15, 0.2) is 0 Å². The number of nitrogens with zero attached hydrogens (tertiary/aromatic N) is 3. The molecule has 3 rings (SSSR count). The van der Waals surface area contributed by atoms with Crippen LogP contribution in [-0.2, 0) is 28.3 Å². The molecule has 10 heteroatoms. The Morgan fingerprint density at radius 2 is 1.97 bits per heavy atom. The molecule has 0 spiro atoms. The van der Waals surface area contributed by atoms with Crippen molar-refractivity contribution in [3.63, 3.8) is 0 Å².